The van der Waals surface area contributed by atoms with E-state index in [-0.39, 0.29) is 12.2 Å². The maximum absolute atomic E-state index is 14.4. The van der Waals surface area contributed by atoms with Crippen molar-refractivity contribution in [2.45, 2.75) is 58.5 Å². The molecule has 0 fully saturated rings. The Balaban J connectivity index is 2.92. The number of carbonyl (C=O) groups excluding carboxylic acids is 1. The number of halogens is 1. The van der Waals surface area contributed by atoms with Crippen molar-refractivity contribution in [3.8, 4) is 11.8 Å². The van der Waals surface area contributed by atoms with Crippen LogP contribution in [-0.4, -0.2) is 11.5 Å². The predicted molar refractivity (Wildman–Crippen MR) is 59.2 cm³/mol. The molecule has 1 aliphatic rings. The third kappa shape index (κ3) is 3.06. The fourth-order valence-corrected chi connectivity index (χ4v) is 1.79. The van der Waals surface area contributed by atoms with Gasteiger partial charge in [-0.2, -0.15) is 0 Å². The predicted octanol–water partition coefficient (Wildman–Crippen LogP) is 3.28. The van der Waals surface area contributed by atoms with Crippen LogP contribution in [0.15, 0.2) is 0 Å². The molecule has 0 aromatic rings. The lowest BCUT2D eigenvalue weighted by Crippen LogP contribution is -2.41. The molecule has 0 N–H and O–H groups in total. The molecule has 1 unspecified atom stereocenters. The van der Waals surface area contributed by atoms with Crippen molar-refractivity contribution in [3.63, 3.8) is 0 Å². The molecule has 15 heavy (non-hydrogen) atoms. The fraction of sp³-hybridized carbons (Fsp3) is 0.769. The third-order valence-corrected chi connectivity index (χ3v) is 2.65. The summed E-state index contributed by atoms with van der Waals surface area (Å²) >= 11 is 0. The van der Waals surface area contributed by atoms with Crippen LogP contribution < -0.4 is 0 Å². The number of ketones is 1. The number of Topliss-reactive ketones (excluding diaryl/α,β-unsaturated/α-hetero) is 1. The first-order chi connectivity index (χ1) is 6.86. The lowest BCUT2D eigenvalue weighted by molar-refractivity contribution is -0.135. The minimum absolute atomic E-state index is 0.260. The highest BCUT2D eigenvalue weighted by Gasteiger charge is 2.42. The van der Waals surface area contributed by atoms with Gasteiger partial charge >= 0.3 is 0 Å². The Bertz CT molecular complexity index is 303. The van der Waals surface area contributed by atoms with E-state index in [4.69, 9.17) is 0 Å². The summed E-state index contributed by atoms with van der Waals surface area (Å²) in [6.07, 6.45) is 3.72. The van der Waals surface area contributed by atoms with Gasteiger partial charge in [0.25, 0.3) is 0 Å². The van der Waals surface area contributed by atoms with Crippen LogP contribution in [0.5, 0.6) is 0 Å². The van der Waals surface area contributed by atoms with Crippen molar-refractivity contribution >= 4 is 5.78 Å². The van der Waals surface area contributed by atoms with Crippen LogP contribution in [-0.2, 0) is 4.79 Å². The summed E-state index contributed by atoms with van der Waals surface area (Å²) < 4.78 is 14.4. The first-order valence-corrected chi connectivity index (χ1v) is 5.60. The number of alkyl halides is 1. The largest absolute Gasteiger partial charge is 0.294 e. The monoisotopic (exact) mass is 210 g/mol. The van der Waals surface area contributed by atoms with E-state index in [2.05, 4.69) is 11.8 Å². The Morgan fingerprint density at radius 1 is 1.27 bits per heavy atom. The summed E-state index contributed by atoms with van der Waals surface area (Å²) in [5.41, 5.74) is -2.55. The summed E-state index contributed by atoms with van der Waals surface area (Å²) in [7, 11) is 0. The number of carbonyl (C=O) groups is 1. The molecule has 1 nitrogen and oxygen atoms in total. The summed E-state index contributed by atoms with van der Waals surface area (Å²) in [5, 5.41) is 0. The van der Waals surface area contributed by atoms with Crippen molar-refractivity contribution in [3.05, 3.63) is 0 Å². The van der Waals surface area contributed by atoms with Crippen LogP contribution in [0.4, 0.5) is 4.39 Å². The summed E-state index contributed by atoms with van der Waals surface area (Å²) in [6.45, 7) is 5.24. The van der Waals surface area contributed by atoms with Crippen molar-refractivity contribution in [1.82, 2.24) is 0 Å². The van der Waals surface area contributed by atoms with Crippen LogP contribution in [0.1, 0.15) is 52.9 Å². The lowest BCUT2D eigenvalue weighted by atomic mass is 9.78. The van der Waals surface area contributed by atoms with E-state index in [1.807, 2.05) is 0 Å². The zero-order chi connectivity index (χ0) is 11.5. The first-order valence-electron chi connectivity index (χ1n) is 5.60. The van der Waals surface area contributed by atoms with E-state index in [9.17, 15) is 9.18 Å². The molecule has 0 aliphatic heterocycles. The molecule has 2 heteroatoms. The van der Waals surface area contributed by atoms with E-state index < -0.39 is 11.1 Å². The number of hydrogen-bond donors (Lipinski definition) is 0. The molecule has 1 atom stereocenters. The van der Waals surface area contributed by atoms with Crippen molar-refractivity contribution in [2.75, 3.05) is 0 Å². The van der Waals surface area contributed by atoms with Crippen molar-refractivity contribution in [2.24, 2.45) is 5.41 Å². The van der Waals surface area contributed by atoms with Gasteiger partial charge in [-0.15, -0.1) is 0 Å². The lowest BCUT2D eigenvalue weighted by Gasteiger charge is -2.27. The smallest absolute Gasteiger partial charge is 0.229 e. The van der Waals surface area contributed by atoms with Gasteiger partial charge in [-0.3, -0.25) is 4.79 Å². The molecular weight excluding hydrogens is 191 g/mol. The van der Waals surface area contributed by atoms with Gasteiger partial charge < -0.3 is 0 Å². The zero-order valence-corrected chi connectivity index (χ0v) is 9.82. The molecule has 0 aromatic heterocycles. The number of rotatable bonds is 1. The molecule has 1 aliphatic carbocycles. The Morgan fingerprint density at radius 3 is 2.53 bits per heavy atom. The van der Waals surface area contributed by atoms with Crippen LogP contribution in [0.2, 0.25) is 0 Å². The van der Waals surface area contributed by atoms with E-state index in [1.165, 1.54) is 0 Å². The van der Waals surface area contributed by atoms with Gasteiger partial charge in [-0.05, 0) is 12.8 Å². The first kappa shape index (κ1) is 12.2. The molecule has 0 spiro atoms. The van der Waals surface area contributed by atoms with Gasteiger partial charge in [0.15, 0.2) is 5.78 Å². The van der Waals surface area contributed by atoms with Gasteiger partial charge in [0.2, 0.25) is 5.67 Å². The van der Waals surface area contributed by atoms with Gasteiger partial charge in [-0.25, -0.2) is 4.39 Å². The molecule has 0 radical (unpaired) electrons. The molecule has 84 valence electrons. The Kier molecular flexibility index (Phi) is 3.54. The average molecular weight is 210 g/mol. The molecule has 0 heterocycles. The zero-order valence-electron chi connectivity index (χ0n) is 9.82. The van der Waals surface area contributed by atoms with E-state index >= 15 is 0 Å². The molecule has 0 bridgehead atoms. The summed E-state index contributed by atoms with van der Waals surface area (Å²) in [5.74, 6) is 4.95. The van der Waals surface area contributed by atoms with Gasteiger partial charge in [0.1, 0.15) is 0 Å². The topological polar surface area (TPSA) is 17.1 Å². The molecular formula is C13H19FO. The molecule has 1 rings (SSSR count). The normalized spacial score (nSPS) is 27.2. The van der Waals surface area contributed by atoms with Crippen molar-refractivity contribution < 1.29 is 9.18 Å². The highest BCUT2D eigenvalue weighted by molar-refractivity contribution is 5.94. The summed E-state index contributed by atoms with van der Waals surface area (Å²) in [6, 6.07) is 0. The molecule has 0 saturated heterocycles. The van der Waals surface area contributed by atoms with Crippen LogP contribution in [0.3, 0.4) is 0 Å². The van der Waals surface area contributed by atoms with E-state index in [1.54, 1.807) is 20.8 Å². The molecule has 0 aromatic carbocycles. The van der Waals surface area contributed by atoms with Crippen molar-refractivity contribution in [1.29, 1.82) is 0 Å². The third-order valence-electron chi connectivity index (χ3n) is 2.65. The summed E-state index contributed by atoms with van der Waals surface area (Å²) in [4.78, 5) is 11.9. The Labute approximate surface area is 91.4 Å². The highest BCUT2D eigenvalue weighted by Crippen LogP contribution is 2.31. The van der Waals surface area contributed by atoms with Gasteiger partial charge in [0, 0.05) is 18.3 Å². The maximum Gasteiger partial charge on any atom is 0.229 e. The Hall–Kier alpha value is -0.840. The highest BCUT2D eigenvalue weighted by atomic mass is 19.1. The van der Waals surface area contributed by atoms with Gasteiger partial charge in [0.05, 0.1) is 0 Å². The second kappa shape index (κ2) is 4.35. The van der Waals surface area contributed by atoms with E-state index in [0.717, 1.165) is 19.3 Å². The maximum atomic E-state index is 14.4. The van der Waals surface area contributed by atoms with Crippen LogP contribution in [0.25, 0.3) is 0 Å². The standard InChI is InChI=1S/C13H19FO/c1-12(2,3)11(15)13(14)9-7-5-4-6-8-10-13/h4-7,9H2,1-3H3. The second-order valence-corrected chi connectivity index (χ2v) is 5.24. The molecule has 0 amide bonds. The minimum atomic E-state index is -1.90. The molecule has 0 saturated carbocycles. The second-order valence-electron chi connectivity index (χ2n) is 5.24. The van der Waals surface area contributed by atoms with Crippen LogP contribution in [0, 0.1) is 17.3 Å². The van der Waals surface area contributed by atoms with E-state index in [0.29, 0.717) is 6.42 Å². The quantitative estimate of drug-likeness (QED) is 0.607. The number of hydrogen-bond acceptors (Lipinski definition) is 1. The average Bonchev–Trinajstić information content (AvgIpc) is 2.09. The fourth-order valence-electron chi connectivity index (χ4n) is 1.79. The minimum Gasteiger partial charge on any atom is -0.294 e. The van der Waals surface area contributed by atoms with Gasteiger partial charge in [-0.1, -0.05) is 39.0 Å². The Morgan fingerprint density at radius 2 is 1.93 bits per heavy atom. The van der Waals surface area contributed by atoms with Crippen LogP contribution >= 0.6 is 0 Å². The SMILES string of the molecule is CC(C)(C)C(=O)C1(F)C#CCCCCC1.